The highest BCUT2D eigenvalue weighted by Gasteiger charge is 2.35. The van der Waals surface area contributed by atoms with Crippen LogP contribution >= 0.6 is 11.6 Å². The quantitative estimate of drug-likeness (QED) is 0.569. The molecule has 3 N–H and O–H groups in total. The van der Waals surface area contributed by atoms with E-state index < -0.39 is 17.4 Å². The Morgan fingerprint density at radius 1 is 1.09 bits per heavy atom. The minimum Gasteiger partial charge on any atom is -0.338 e. The number of carbonyl (C=O) groups is 2. The lowest BCUT2D eigenvalue weighted by molar-refractivity contribution is -0.123. The molecule has 0 saturated carbocycles. The van der Waals surface area contributed by atoms with Crippen LogP contribution in [0.5, 0.6) is 0 Å². The van der Waals surface area contributed by atoms with Gasteiger partial charge in [0.2, 0.25) is 17.8 Å². The number of H-pyrrole nitrogens is 1. The van der Waals surface area contributed by atoms with E-state index in [0.29, 0.717) is 29.7 Å². The smallest absolute Gasteiger partial charge is 0.258 e. The molecule has 0 bridgehead atoms. The van der Waals surface area contributed by atoms with Crippen molar-refractivity contribution in [1.29, 1.82) is 0 Å². The summed E-state index contributed by atoms with van der Waals surface area (Å²) < 4.78 is 0. The number of fused-ring (bicyclic) bond motifs is 2. The first-order chi connectivity index (χ1) is 15.5. The lowest BCUT2D eigenvalue weighted by Gasteiger charge is -2.30. The van der Waals surface area contributed by atoms with Gasteiger partial charge in [-0.05, 0) is 29.7 Å². The Bertz CT molecular complexity index is 1290. The van der Waals surface area contributed by atoms with Gasteiger partial charge in [-0.3, -0.25) is 19.4 Å². The predicted molar refractivity (Wildman–Crippen MR) is 122 cm³/mol. The molecule has 1 aromatic heterocycles. The monoisotopic (exact) mass is 449 g/mol. The zero-order valence-electron chi connectivity index (χ0n) is 17.0. The van der Waals surface area contributed by atoms with Gasteiger partial charge in [0.1, 0.15) is 5.82 Å². The molecule has 2 aliphatic heterocycles. The van der Waals surface area contributed by atoms with Gasteiger partial charge in [-0.15, -0.1) is 0 Å². The fraction of sp³-hybridized carbons (Fsp3) is 0.217. The Balaban J connectivity index is 1.46. The van der Waals surface area contributed by atoms with Crippen molar-refractivity contribution in [2.75, 3.05) is 22.1 Å². The summed E-state index contributed by atoms with van der Waals surface area (Å²) in [5.74, 6) is -1.33. The molecule has 3 aromatic rings. The van der Waals surface area contributed by atoms with Crippen LogP contribution in [-0.2, 0) is 22.6 Å². The molecule has 5 rings (SSSR count). The molecule has 0 saturated heterocycles. The van der Waals surface area contributed by atoms with Gasteiger partial charge in [-0.2, -0.15) is 4.98 Å². The number of amides is 2. The molecular weight excluding hydrogens is 430 g/mol. The third-order valence-corrected chi connectivity index (χ3v) is 6.15. The van der Waals surface area contributed by atoms with Crippen LogP contribution in [0.4, 0.5) is 17.5 Å². The summed E-state index contributed by atoms with van der Waals surface area (Å²) in [6.45, 7) is 1.28. The van der Waals surface area contributed by atoms with Crippen LogP contribution < -0.4 is 21.1 Å². The molecule has 162 valence electrons. The Labute approximate surface area is 188 Å². The Kier molecular flexibility index (Phi) is 5.14. The Hall–Kier alpha value is -3.65. The van der Waals surface area contributed by atoms with E-state index in [1.54, 1.807) is 24.3 Å². The molecule has 1 unspecified atom stereocenters. The number of para-hydroxylation sites is 1. The van der Waals surface area contributed by atoms with Crippen LogP contribution in [0.1, 0.15) is 29.0 Å². The largest absolute Gasteiger partial charge is 0.338 e. The predicted octanol–water partition coefficient (Wildman–Crippen LogP) is 3.05. The van der Waals surface area contributed by atoms with Gasteiger partial charge in [0.25, 0.3) is 5.56 Å². The maximum absolute atomic E-state index is 13.0. The van der Waals surface area contributed by atoms with Gasteiger partial charge < -0.3 is 15.5 Å². The number of aromatic amines is 1. The topological polar surface area (TPSA) is 107 Å². The summed E-state index contributed by atoms with van der Waals surface area (Å²) in [6, 6.07) is 14.9. The normalized spacial score (nSPS) is 17.2. The second kappa shape index (κ2) is 8.12. The average molecular weight is 450 g/mol. The number of rotatable bonds is 3. The first-order valence-corrected chi connectivity index (χ1v) is 10.7. The Morgan fingerprint density at radius 3 is 2.66 bits per heavy atom. The van der Waals surface area contributed by atoms with Gasteiger partial charge >= 0.3 is 0 Å². The number of carbonyl (C=O) groups excluding carboxylic acids is 2. The molecule has 3 heterocycles. The van der Waals surface area contributed by atoms with Crippen molar-refractivity contribution < 1.29 is 9.59 Å². The van der Waals surface area contributed by atoms with E-state index in [1.165, 1.54) is 11.1 Å². The van der Waals surface area contributed by atoms with Crippen LogP contribution in [0.15, 0.2) is 53.3 Å². The van der Waals surface area contributed by atoms with Crippen LogP contribution in [0.2, 0.25) is 5.02 Å². The molecule has 0 aliphatic carbocycles. The van der Waals surface area contributed by atoms with E-state index >= 15 is 0 Å². The number of hydrogen-bond donors (Lipinski definition) is 3. The summed E-state index contributed by atoms with van der Waals surface area (Å²) in [6.07, 6.45) is 0.677. The van der Waals surface area contributed by atoms with E-state index in [0.717, 1.165) is 6.42 Å². The van der Waals surface area contributed by atoms with Crippen molar-refractivity contribution >= 4 is 40.9 Å². The lowest BCUT2D eigenvalue weighted by Crippen LogP contribution is -2.38. The minimum atomic E-state index is -0.970. The SMILES string of the molecule is O=C1CC(C(=O)Nc2ccccc2Cl)c2c(nc(N3CCc4ccccc4C3)[nH]c2=O)N1. The van der Waals surface area contributed by atoms with Gasteiger partial charge in [0.15, 0.2) is 0 Å². The Morgan fingerprint density at radius 2 is 1.84 bits per heavy atom. The second-order valence-corrected chi connectivity index (χ2v) is 8.27. The maximum Gasteiger partial charge on any atom is 0.258 e. The maximum atomic E-state index is 13.0. The molecule has 0 radical (unpaired) electrons. The van der Waals surface area contributed by atoms with E-state index in [9.17, 15) is 14.4 Å². The minimum absolute atomic E-state index is 0.123. The summed E-state index contributed by atoms with van der Waals surface area (Å²) >= 11 is 6.13. The molecule has 0 spiro atoms. The highest BCUT2D eigenvalue weighted by Crippen LogP contribution is 2.32. The summed E-state index contributed by atoms with van der Waals surface area (Å²) in [7, 11) is 0. The molecule has 2 aliphatic rings. The molecule has 32 heavy (non-hydrogen) atoms. The van der Waals surface area contributed by atoms with Crippen LogP contribution in [0.25, 0.3) is 0 Å². The van der Waals surface area contributed by atoms with Crippen LogP contribution in [0, 0.1) is 0 Å². The van der Waals surface area contributed by atoms with Crippen LogP contribution in [-0.4, -0.2) is 28.3 Å². The molecule has 0 fully saturated rings. The van der Waals surface area contributed by atoms with E-state index in [4.69, 9.17) is 11.6 Å². The van der Waals surface area contributed by atoms with Crippen LogP contribution in [0.3, 0.4) is 0 Å². The first-order valence-electron chi connectivity index (χ1n) is 10.3. The highest BCUT2D eigenvalue weighted by molar-refractivity contribution is 6.33. The van der Waals surface area contributed by atoms with Crippen molar-refractivity contribution in [3.8, 4) is 0 Å². The highest BCUT2D eigenvalue weighted by atomic mass is 35.5. The molecular formula is C23H20ClN5O3. The van der Waals surface area contributed by atoms with Gasteiger partial charge in [-0.1, -0.05) is 48.0 Å². The number of nitrogens with one attached hydrogen (secondary N) is 3. The average Bonchev–Trinajstić information content (AvgIpc) is 2.79. The molecule has 9 heteroatoms. The number of halogens is 1. The zero-order chi connectivity index (χ0) is 22.2. The fourth-order valence-corrected chi connectivity index (χ4v) is 4.38. The molecule has 2 amide bonds. The molecule has 1 atom stereocenters. The van der Waals surface area contributed by atoms with Gasteiger partial charge in [0, 0.05) is 19.5 Å². The van der Waals surface area contributed by atoms with Crippen molar-refractivity contribution in [3.63, 3.8) is 0 Å². The number of hydrogen-bond acceptors (Lipinski definition) is 5. The first kappa shape index (κ1) is 20.3. The number of benzene rings is 2. The van der Waals surface area contributed by atoms with E-state index in [-0.39, 0.29) is 23.7 Å². The standard InChI is InChI=1S/C23H20ClN5O3/c24-16-7-3-4-8-17(16)25-21(31)15-11-18(30)26-20-19(15)22(32)28-23(27-20)29-10-9-13-5-1-2-6-14(13)12-29/h1-8,15H,9-12H2,(H,25,31)(H2,26,27,28,30,32). The lowest BCUT2D eigenvalue weighted by atomic mass is 9.92. The summed E-state index contributed by atoms with van der Waals surface area (Å²) in [5.41, 5.74) is 2.56. The van der Waals surface area contributed by atoms with Crippen molar-refractivity contribution in [3.05, 3.63) is 80.6 Å². The van der Waals surface area contributed by atoms with Gasteiger partial charge in [0.05, 0.1) is 22.2 Å². The van der Waals surface area contributed by atoms with E-state index in [1.807, 2.05) is 17.0 Å². The summed E-state index contributed by atoms with van der Waals surface area (Å²) in [5, 5.41) is 5.74. The second-order valence-electron chi connectivity index (χ2n) is 7.87. The number of nitrogens with zero attached hydrogens (tertiary/aromatic N) is 2. The molecule has 8 nitrogen and oxygen atoms in total. The zero-order valence-corrected chi connectivity index (χ0v) is 17.8. The van der Waals surface area contributed by atoms with Gasteiger partial charge in [-0.25, -0.2) is 0 Å². The third-order valence-electron chi connectivity index (χ3n) is 5.82. The fourth-order valence-electron chi connectivity index (χ4n) is 4.19. The van der Waals surface area contributed by atoms with Crippen molar-refractivity contribution in [2.24, 2.45) is 0 Å². The third kappa shape index (κ3) is 3.73. The molecule has 2 aromatic carbocycles. The van der Waals surface area contributed by atoms with Crippen molar-refractivity contribution in [1.82, 2.24) is 9.97 Å². The summed E-state index contributed by atoms with van der Waals surface area (Å²) in [4.78, 5) is 47.6. The number of anilines is 3. The van der Waals surface area contributed by atoms with Crippen molar-refractivity contribution in [2.45, 2.75) is 25.3 Å². The number of aromatic nitrogens is 2. The van der Waals surface area contributed by atoms with E-state index in [2.05, 4.69) is 32.7 Å².